The number of ketones is 1. The smallest absolute Gasteiger partial charge is 0.138 e. The van der Waals surface area contributed by atoms with Crippen molar-refractivity contribution in [3.8, 4) is 0 Å². The Labute approximate surface area is 102 Å². The van der Waals surface area contributed by atoms with Crippen LogP contribution < -0.4 is 0 Å². The predicted octanol–water partition coefficient (Wildman–Crippen LogP) is 3.32. The Morgan fingerprint density at radius 1 is 1.50 bits per heavy atom. The molecule has 1 heterocycles. The maximum Gasteiger partial charge on any atom is 0.138 e. The normalized spacial score (nSPS) is 21.2. The molecule has 0 spiro atoms. The summed E-state index contributed by atoms with van der Waals surface area (Å²) in [7, 11) is 0. The van der Waals surface area contributed by atoms with Crippen molar-refractivity contribution in [2.45, 2.75) is 25.9 Å². The maximum absolute atomic E-state index is 13.7. The second-order valence-corrected chi connectivity index (χ2v) is 4.83. The number of Topliss-reactive ketones (excluding diaryl/α,β-unsaturated/α-hetero) is 1. The van der Waals surface area contributed by atoms with E-state index in [-0.39, 0.29) is 18.0 Å². The number of aryl methyl sites for hydroxylation is 1. The van der Waals surface area contributed by atoms with Crippen molar-refractivity contribution in [3.63, 3.8) is 0 Å². The van der Waals surface area contributed by atoms with E-state index in [4.69, 9.17) is 4.74 Å². The Morgan fingerprint density at radius 3 is 2.94 bits per heavy atom. The van der Waals surface area contributed by atoms with Crippen LogP contribution in [-0.4, -0.2) is 12.4 Å². The van der Waals surface area contributed by atoms with Gasteiger partial charge in [0, 0.05) is 22.9 Å². The molecular weight excluding hydrogens is 275 g/mol. The van der Waals surface area contributed by atoms with Crippen LogP contribution in [0.5, 0.6) is 0 Å². The van der Waals surface area contributed by atoms with Crippen LogP contribution in [0.3, 0.4) is 0 Å². The number of hydrogen-bond acceptors (Lipinski definition) is 2. The molecule has 1 aliphatic rings. The molecule has 4 heteroatoms. The lowest BCUT2D eigenvalue weighted by molar-refractivity contribution is -0.128. The molecule has 0 N–H and O–H groups in total. The van der Waals surface area contributed by atoms with Crippen LogP contribution in [0, 0.1) is 12.7 Å². The fraction of sp³-hybridized carbons (Fsp3) is 0.417. The van der Waals surface area contributed by atoms with Gasteiger partial charge in [0.1, 0.15) is 11.6 Å². The van der Waals surface area contributed by atoms with Gasteiger partial charge in [-0.25, -0.2) is 4.39 Å². The molecule has 0 aromatic heterocycles. The third-order valence-corrected chi connectivity index (χ3v) is 3.59. The van der Waals surface area contributed by atoms with Crippen molar-refractivity contribution in [2.75, 3.05) is 6.61 Å². The van der Waals surface area contributed by atoms with Gasteiger partial charge in [-0.2, -0.15) is 0 Å². The van der Waals surface area contributed by atoms with Crippen molar-refractivity contribution in [1.82, 2.24) is 0 Å². The zero-order valence-corrected chi connectivity index (χ0v) is 10.5. The minimum Gasteiger partial charge on any atom is -0.372 e. The summed E-state index contributed by atoms with van der Waals surface area (Å²) in [4.78, 5) is 11.3. The lowest BCUT2D eigenvalue weighted by Gasteiger charge is -2.23. The number of rotatable bonds is 1. The van der Waals surface area contributed by atoms with Gasteiger partial charge >= 0.3 is 0 Å². The summed E-state index contributed by atoms with van der Waals surface area (Å²) in [6.45, 7) is 2.27. The summed E-state index contributed by atoms with van der Waals surface area (Å²) in [6, 6.07) is 3.16. The fourth-order valence-corrected chi connectivity index (χ4v) is 2.12. The first-order valence-corrected chi connectivity index (χ1v) is 5.96. The van der Waals surface area contributed by atoms with Gasteiger partial charge in [0.15, 0.2) is 0 Å². The highest BCUT2D eigenvalue weighted by Crippen LogP contribution is 2.31. The maximum atomic E-state index is 13.7. The average molecular weight is 287 g/mol. The Hall–Kier alpha value is -0.740. The van der Waals surface area contributed by atoms with Crippen LogP contribution in [0.2, 0.25) is 0 Å². The molecule has 2 nitrogen and oxygen atoms in total. The molecule has 86 valence electrons. The molecule has 0 saturated carbocycles. The van der Waals surface area contributed by atoms with Crippen LogP contribution in [0.1, 0.15) is 30.1 Å². The molecule has 2 rings (SSSR count). The van der Waals surface area contributed by atoms with Crippen molar-refractivity contribution in [1.29, 1.82) is 0 Å². The molecule has 1 fully saturated rings. The van der Waals surface area contributed by atoms with E-state index in [2.05, 4.69) is 15.9 Å². The van der Waals surface area contributed by atoms with Crippen LogP contribution in [0.15, 0.2) is 16.6 Å². The van der Waals surface area contributed by atoms with Gasteiger partial charge in [0.2, 0.25) is 0 Å². The molecule has 1 atom stereocenters. The molecule has 1 aliphatic heterocycles. The van der Waals surface area contributed by atoms with Gasteiger partial charge < -0.3 is 4.74 Å². The van der Waals surface area contributed by atoms with Gasteiger partial charge in [-0.1, -0.05) is 15.9 Å². The summed E-state index contributed by atoms with van der Waals surface area (Å²) in [5.41, 5.74) is 1.42. The Morgan fingerprint density at radius 2 is 2.25 bits per heavy atom. The highest BCUT2D eigenvalue weighted by Gasteiger charge is 2.24. The molecule has 1 saturated heterocycles. The number of carbonyl (C=O) groups is 1. The fourth-order valence-electron chi connectivity index (χ4n) is 1.81. The first kappa shape index (κ1) is 11.7. The van der Waals surface area contributed by atoms with Gasteiger partial charge in [-0.15, -0.1) is 0 Å². The molecule has 0 amide bonds. The molecule has 1 unspecified atom stereocenters. The molecule has 1 aromatic carbocycles. The van der Waals surface area contributed by atoms with Crippen molar-refractivity contribution < 1.29 is 13.9 Å². The average Bonchev–Trinajstić information content (AvgIpc) is 2.23. The summed E-state index contributed by atoms with van der Waals surface area (Å²) >= 11 is 3.27. The molecule has 0 bridgehead atoms. The Kier molecular flexibility index (Phi) is 3.40. The summed E-state index contributed by atoms with van der Waals surface area (Å²) in [6.07, 6.45) is 0.291. The zero-order valence-electron chi connectivity index (χ0n) is 8.93. The van der Waals surface area contributed by atoms with Crippen molar-refractivity contribution >= 4 is 21.7 Å². The topological polar surface area (TPSA) is 26.3 Å². The molecule has 0 aliphatic carbocycles. The van der Waals surface area contributed by atoms with Gasteiger partial charge in [0.05, 0.1) is 12.7 Å². The monoisotopic (exact) mass is 286 g/mol. The van der Waals surface area contributed by atoms with Crippen molar-refractivity contribution in [2.24, 2.45) is 0 Å². The van der Waals surface area contributed by atoms with Crippen LogP contribution >= 0.6 is 15.9 Å². The number of benzene rings is 1. The molecular formula is C12H12BrFO2. The summed E-state index contributed by atoms with van der Waals surface area (Å²) < 4.78 is 19.9. The highest BCUT2D eigenvalue weighted by molar-refractivity contribution is 9.10. The summed E-state index contributed by atoms with van der Waals surface area (Å²) in [5.74, 6) is -0.187. The van der Waals surface area contributed by atoms with E-state index in [1.807, 2.05) is 6.92 Å². The zero-order chi connectivity index (χ0) is 11.7. The SMILES string of the molecule is Cc1cc(C2CC(=O)CCO2)c(F)cc1Br. The minimum absolute atomic E-state index is 0.135. The van der Waals surface area contributed by atoms with Gasteiger partial charge in [-0.05, 0) is 24.6 Å². The first-order chi connectivity index (χ1) is 7.58. The quantitative estimate of drug-likeness (QED) is 0.792. The predicted molar refractivity (Wildman–Crippen MR) is 61.8 cm³/mol. The number of carbonyl (C=O) groups excluding carboxylic acids is 1. The Balaban J connectivity index is 2.32. The van der Waals surface area contributed by atoms with Gasteiger partial charge in [0.25, 0.3) is 0 Å². The highest BCUT2D eigenvalue weighted by atomic mass is 79.9. The largest absolute Gasteiger partial charge is 0.372 e. The van der Waals surface area contributed by atoms with Crippen LogP contribution in [0.25, 0.3) is 0 Å². The second-order valence-electron chi connectivity index (χ2n) is 3.98. The standard InChI is InChI=1S/C12H12BrFO2/c1-7-4-9(11(14)6-10(7)13)12-5-8(15)2-3-16-12/h4,6,12H,2-3,5H2,1H3. The van der Waals surface area contributed by atoms with Crippen molar-refractivity contribution in [3.05, 3.63) is 33.5 Å². The number of halogens is 2. The Bertz CT molecular complexity index is 431. The van der Waals surface area contributed by atoms with Crippen LogP contribution in [0.4, 0.5) is 4.39 Å². The van der Waals surface area contributed by atoms with E-state index >= 15 is 0 Å². The molecule has 0 radical (unpaired) electrons. The first-order valence-electron chi connectivity index (χ1n) is 5.17. The number of ether oxygens (including phenoxy) is 1. The minimum atomic E-state index is -0.423. The van der Waals surface area contributed by atoms with E-state index in [0.717, 1.165) is 10.0 Å². The molecule has 1 aromatic rings. The number of hydrogen-bond donors (Lipinski definition) is 0. The van der Waals surface area contributed by atoms with E-state index in [1.165, 1.54) is 6.07 Å². The third kappa shape index (κ3) is 2.33. The van der Waals surface area contributed by atoms with E-state index in [0.29, 0.717) is 18.6 Å². The second kappa shape index (κ2) is 4.63. The van der Waals surface area contributed by atoms with E-state index in [1.54, 1.807) is 6.07 Å². The van der Waals surface area contributed by atoms with E-state index < -0.39 is 6.10 Å². The molecule has 16 heavy (non-hydrogen) atoms. The third-order valence-electron chi connectivity index (χ3n) is 2.74. The lowest BCUT2D eigenvalue weighted by Crippen LogP contribution is -2.20. The van der Waals surface area contributed by atoms with Crippen LogP contribution in [-0.2, 0) is 9.53 Å². The van der Waals surface area contributed by atoms with Gasteiger partial charge in [-0.3, -0.25) is 4.79 Å². The summed E-state index contributed by atoms with van der Waals surface area (Å²) in [5, 5.41) is 0. The van der Waals surface area contributed by atoms with E-state index in [9.17, 15) is 9.18 Å². The lowest BCUT2D eigenvalue weighted by atomic mass is 9.98.